The Labute approximate surface area is 149 Å². The van der Waals surface area contributed by atoms with Crippen molar-refractivity contribution in [2.45, 2.75) is 19.4 Å². The molecule has 0 saturated heterocycles. The Hall–Kier alpha value is -2.04. The lowest BCUT2D eigenvalue weighted by Crippen LogP contribution is -2.39. The first-order valence-corrected chi connectivity index (χ1v) is 8.53. The van der Waals surface area contributed by atoms with Gasteiger partial charge in [0, 0.05) is 12.7 Å². The maximum absolute atomic E-state index is 13.0. The molecule has 0 fully saturated rings. The Balaban J connectivity index is 1.71. The van der Waals surface area contributed by atoms with Crippen LogP contribution in [-0.2, 0) is 6.42 Å². The highest BCUT2D eigenvalue weighted by Gasteiger charge is 2.29. The van der Waals surface area contributed by atoms with E-state index in [1.54, 1.807) is 22.8 Å². The van der Waals surface area contributed by atoms with Gasteiger partial charge >= 0.3 is 0 Å². The predicted molar refractivity (Wildman–Crippen MR) is 94.8 cm³/mol. The van der Waals surface area contributed by atoms with Gasteiger partial charge < -0.3 is 4.90 Å². The predicted octanol–water partition coefficient (Wildman–Crippen LogP) is 4.40. The Morgan fingerprint density at radius 1 is 1.25 bits per heavy atom. The van der Waals surface area contributed by atoms with E-state index in [0.717, 1.165) is 6.42 Å². The molecule has 1 aliphatic heterocycles. The van der Waals surface area contributed by atoms with Crippen molar-refractivity contribution in [3.8, 4) is 0 Å². The van der Waals surface area contributed by atoms with Gasteiger partial charge in [-0.2, -0.15) is 5.10 Å². The number of rotatable bonds is 1. The third-order valence-corrected chi connectivity index (χ3v) is 5.07. The van der Waals surface area contributed by atoms with Crippen molar-refractivity contribution in [1.82, 2.24) is 14.5 Å². The van der Waals surface area contributed by atoms with Gasteiger partial charge in [0.15, 0.2) is 5.69 Å². The molecule has 1 aromatic carbocycles. The number of carbonyl (C=O) groups excluding carboxylic acids is 1. The van der Waals surface area contributed by atoms with Crippen LogP contribution in [0.3, 0.4) is 0 Å². The zero-order valence-electron chi connectivity index (χ0n) is 13.0. The van der Waals surface area contributed by atoms with Crippen LogP contribution in [0.25, 0.3) is 5.52 Å². The maximum atomic E-state index is 13.0. The van der Waals surface area contributed by atoms with Crippen LogP contribution in [0.1, 0.15) is 34.6 Å². The normalized spacial score (nSPS) is 17.1. The van der Waals surface area contributed by atoms with E-state index in [0.29, 0.717) is 27.8 Å². The molecule has 2 aromatic heterocycles. The van der Waals surface area contributed by atoms with Crippen molar-refractivity contribution in [3.05, 3.63) is 69.5 Å². The summed E-state index contributed by atoms with van der Waals surface area (Å²) in [5.41, 5.74) is 3.56. The van der Waals surface area contributed by atoms with Gasteiger partial charge in [-0.3, -0.25) is 4.79 Å². The van der Waals surface area contributed by atoms with E-state index in [4.69, 9.17) is 23.2 Å². The third-order valence-electron chi connectivity index (χ3n) is 4.57. The van der Waals surface area contributed by atoms with E-state index < -0.39 is 0 Å². The minimum atomic E-state index is -0.0899. The highest BCUT2D eigenvalue weighted by atomic mass is 35.5. The number of halogens is 2. The molecular formula is C18H15Cl2N3O. The second kappa shape index (κ2) is 5.80. The number of fused-ring (bicyclic) bond motifs is 2. The average Bonchev–Trinajstić information content (AvgIpc) is 2.99. The SMILES string of the molecule is CC1c2ccccc2CCN1C(=O)c1cc2c(Cl)cc(Cl)cn2n1. The zero-order chi connectivity index (χ0) is 16.8. The summed E-state index contributed by atoms with van der Waals surface area (Å²) in [6.07, 6.45) is 2.50. The minimum Gasteiger partial charge on any atom is -0.330 e. The minimum absolute atomic E-state index is 0.0197. The van der Waals surface area contributed by atoms with Crippen LogP contribution in [-0.4, -0.2) is 27.0 Å². The molecule has 0 radical (unpaired) electrons. The standard InChI is InChI=1S/C18H15Cl2N3O/c1-11-14-5-3-2-4-12(14)6-7-22(11)18(24)16-9-17-15(20)8-13(19)10-23(17)21-16/h2-5,8-11H,6-7H2,1H3. The topological polar surface area (TPSA) is 37.6 Å². The Kier molecular flexibility index (Phi) is 3.74. The van der Waals surface area contributed by atoms with E-state index in [9.17, 15) is 4.79 Å². The summed E-state index contributed by atoms with van der Waals surface area (Å²) in [4.78, 5) is 14.8. The number of hydrogen-bond acceptors (Lipinski definition) is 2. The van der Waals surface area contributed by atoms with E-state index in [1.807, 2.05) is 17.0 Å². The molecule has 0 N–H and O–H groups in total. The fourth-order valence-corrected chi connectivity index (χ4v) is 3.84. The number of aromatic nitrogens is 2. The number of carbonyl (C=O) groups is 1. The number of hydrogen-bond donors (Lipinski definition) is 0. The molecule has 0 saturated carbocycles. The second-order valence-corrected chi connectivity index (χ2v) is 6.83. The van der Waals surface area contributed by atoms with Crippen LogP contribution in [0.5, 0.6) is 0 Å². The number of pyridine rings is 1. The van der Waals surface area contributed by atoms with Crippen molar-refractivity contribution in [2.75, 3.05) is 6.54 Å². The van der Waals surface area contributed by atoms with Crippen molar-refractivity contribution in [1.29, 1.82) is 0 Å². The van der Waals surface area contributed by atoms with Gasteiger partial charge in [-0.15, -0.1) is 0 Å². The molecule has 24 heavy (non-hydrogen) atoms. The molecule has 0 bridgehead atoms. The summed E-state index contributed by atoms with van der Waals surface area (Å²) in [6.45, 7) is 2.73. The number of benzene rings is 1. The van der Waals surface area contributed by atoms with E-state index >= 15 is 0 Å². The van der Waals surface area contributed by atoms with E-state index in [-0.39, 0.29) is 11.9 Å². The van der Waals surface area contributed by atoms with Crippen LogP contribution in [0.2, 0.25) is 10.0 Å². The van der Waals surface area contributed by atoms with Gasteiger partial charge in [0.25, 0.3) is 5.91 Å². The second-order valence-electron chi connectivity index (χ2n) is 5.99. The van der Waals surface area contributed by atoms with E-state index in [1.165, 1.54) is 11.1 Å². The van der Waals surface area contributed by atoms with Crippen LogP contribution >= 0.6 is 23.2 Å². The Morgan fingerprint density at radius 2 is 2.04 bits per heavy atom. The number of nitrogens with zero attached hydrogens (tertiary/aromatic N) is 3. The van der Waals surface area contributed by atoms with Crippen molar-refractivity contribution < 1.29 is 4.79 Å². The van der Waals surface area contributed by atoms with Gasteiger partial charge in [0.05, 0.1) is 21.6 Å². The summed E-state index contributed by atoms with van der Waals surface area (Å²) >= 11 is 12.2. The molecule has 0 spiro atoms. The first-order valence-electron chi connectivity index (χ1n) is 7.78. The fraction of sp³-hybridized carbons (Fsp3) is 0.222. The molecule has 4 nitrogen and oxygen atoms in total. The number of amides is 1. The molecule has 1 atom stereocenters. The van der Waals surface area contributed by atoms with Crippen LogP contribution < -0.4 is 0 Å². The Bertz CT molecular complexity index is 951. The molecular weight excluding hydrogens is 345 g/mol. The summed E-state index contributed by atoms with van der Waals surface area (Å²) in [7, 11) is 0. The summed E-state index contributed by atoms with van der Waals surface area (Å²) < 4.78 is 1.56. The lowest BCUT2D eigenvalue weighted by molar-refractivity contribution is 0.0671. The van der Waals surface area contributed by atoms with E-state index in [2.05, 4.69) is 24.2 Å². The van der Waals surface area contributed by atoms with Crippen LogP contribution in [0.4, 0.5) is 0 Å². The summed E-state index contributed by atoms with van der Waals surface area (Å²) in [6, 6.07) is 11.6. The van der Waals surface area contributed by atoms with Gasteiger partial charge in [0.1, 0.15) is 0 Å². The Morgan fingerprint density at radius 3 is 2.88 bits per heavy atom. The lowest BCUT2D eigenvalue weighted by atomic mass is 9.93. The fourth-order valence-electron chi connectivity index (χ4n) is 3.32. The molecule has 6 heteroatoms. The maximum Gasteiger partial charge on any atom is 0.274 e. The lowest BCUT2D eigenvalue weighted by Gasteiger charge is -2.34. The smallest absolute Gasteiger partial charge is 0.274 e. The van der Waals surface area contributed by atoms with Crippen molar-refractivity contribution in [2.24, 2.45) is 0 Å². The molecule has 3 aromatic rings. The molecule has 1 amide bonds. The largest absolute Gasteiger partial charge is 0.330 e. The molecule has 1 aliphatic rings. The first kappa shape index (κ1) is 15.5. The van der Waals surface area contributed by atoms with Gasteiger partial charge in [0.2, 0.25) is 0 Å². The monoisotopic (exact) mass is 359 g/mol. The average molecular weight is 360 g/mol. The highest BCUT2D eigenvalue weighted by Crippen LogP contribution is 2.31. The summed E-state index contributed by atoms with van der Waals surface area (Å²) in [5, 5.41) is 5.32. The van der Waals surface area contributed by atoms with Gasteiger partial charge in [-0.25, -0.2) is 4.52 Å². The first-order chi connectivity index (χ1) is 11.5. The third kappa shape index (κ3) is 2.46. The van der Waals surface area contributed by atoms with Crippen LogP contribution in [0.15, 0.2) is 42.6 Å². The van der Waals surface area contributed by atoms with Crippen molar-refractivity contribution in [3.63, 3.8) is 0 Å². The summed E-state index contributed by atoms with van der Waals surface area (Å²) in [5.74, 6) is -0.0899. The van der Waals surface area contributed by atoms with Gasteiger partial charge in [-0.1, -0.05) is 47.5 Å². The quantitative estimate of drug-likeness (QED) is 0.645. The molecule has 3 heterocycles. The molecule has 4 rings (SSSR count). The van der Waals surface area contributed by atoms with Gasteiger partial charge in [-0.05, 0) is 36.6 Å². The zero-order valence-corrected chi connectivity index (χ0v) is 14.6. The molecule has 0 aliphatic carbocycles. The molecule has 1 unspecified atom stereocenters. The highest BCUT2D eigenvalue weighted by molar-refractivity contribution is 6.36. The van der Waals surface area contributed by atoms with Crippen molar-refractivity contribution >= 4 is 34.6 Å². The molecule has 122 valence electrons. The van der Waals surface area contributed by atoms with Crippen LogP contribution in [0, 0.1) is 0 Å².